The van der Waals surface area contributed by atoms with Crippen molar-refractivity contribution in [1.82, 2.24) is 0 Å². The van der Waals surface area contributed by atoms with Gasteiger partial charge in [-0.05, 0) is 13.2 Å². The SMILES string of the molecule is CCOC(=O)CCSSC. The third kappa shape index (κ3) is 6.29. The van der Waals surface area contributed by atoms with Crippen LogP contribution in [0.5, 0.6) is 0 Å². The van der Waals surface area contributed by atoms with Crippen LogP contribution in [-0.2, 0) is 9.53 Å². The van der Waals surface area contributed by atoms with Crippen molar-refractivity contribution in [2.45, 2.75) is 13.3 Å². The molecule has 0 aliphatic carbocycles. The molecule has 0 unspecified atom stereocenters. The molecule has 60 valence electrons. The van der Waals surface area contributed by atoms with Crippen LogP contribution in [-0.4, -0.2) is 24.6 Å². The molecule has 0 aromatic heterocycles. The van der Waals surface area contributed by atoms with E-state index in [1.54, 1.807) is 21.6 Å². The van der Waals surface area contributed by atoms with Crippen LogP contribution in [0.1, 0.15) is 13.3 Å². The highest BCUT2D eigenvalue weighted by atomic mass is 33.1. The van der Waals surface area contributed by atoms with Crippen LogP contribution in [0.4, 0.5) is 0 Å². The highest BCUT2D eigenvalue weighted by Gasteiger charge is 1.99. The van der Waals surface area contributed by atoms with Crippen molar-refractivity contribution in [3.05, 3.63) is 0 Å². The van der Waals surface area contributed by atoms with Gasteiger partial charge in [-0.15, -0.1) is 0 Å². The molecule has 4 heteroatoms. The monoisotopic (exact) mass is 180 g/mol. The van der Waals surface area contributed by atoms with Gasteiger partial charge in [0.1, 0.15) is 0 Å². The molecule has 0 amide bonds. The molecule has 0 saturated heterocycles. The summed E-state index contributed by atoms with van der Waals surface area (Å²) in [4.78, 5) is 10.7. The third-order valence-electron chi connectivity index (χ3n) is 0.813. The lowest BCUT2D eigenvalue weighted by Gasteiger charge is -1.98. The van der Waals surface area contributed by atoms with Crippen LogP contribution in [0.15, 0.2) is 0 Å². The van der Waals surface area contributed by atoms with Crippen LogP contribution >= 0.6 is 21.6 Å². The van der Waals surface area contributed by atoms with Gasteiger partial charge in [0.05, 0.1) is 13.0 Å². The van der Waals surface area contributed by atoms with E-state index in [9.17, 15) is 4.79 Å². The number of carbonyl (C=O) groups excluding carboxylic acids is 1. The van der Waals surface area contributed by atoms with Gasteiger partial charge in [-0.2, -0.15) is 0 Å². The quantitative estimate of drug-likeness (QED) is 0.367. The molecule has 0 aromatic rings. The van der Waals surface area contributed by atoms with E-state index in [0.29, 0.717) is 13.0 Å². The van der Waals surface area contributed by atoms with Gasteiger partial charge >= 0.3 is 5.97 Å². The van der Waals surface area contributed by atoms with E-state index in [0.717, 1.165) is 5.75 Å². The number of hydrogen-bond donors (Lipinski definition) is 0. The largest absolute Gasteiger partial charge is 0.466 e. The highest BCUT2D eigenvalue weighted by Crippen LogP contribution is 2.17. The van der Waals surface area contributed by atoms with E-state index in [-0.39, 0.29) is 5.97 Å². The third-order valence-corrected chi connectivity index (χ3v) is 2.63. The van der Waals surface area contributed by atoms with E-state index in [1.165, 1.54) is 0 Å². The predicted octanol–water partition coefficient (Wildman–Crippen LogP) is 1.95. The normalized spacial score (nSPS) is 9.40. The average Bonchev–Trinajstić information content (AvgIpc) is 1.89. The maximum absolute atomic E-state index is 10.7. The summed E-state index contributed by atoms with van der Waals surface area (Å²) in [5, 5.41) is 0. The standard InChI is InChI=1S/C6H12O2S2/c1-3-8-6(7)4-5-10-9-2/h3-5H2,1-2H3. The number of hydrogen-bond acceptors (Lipinski definition) is 4. The number of esters is 1. The minimum absolute atomic E-state index is 0.0935. The molecule has 0 N–H and O–H groups in total. The first kappa shape index (κ1) is 10.2. The molecule has 0 aromatic carbocycles. The molecule has 0 aliphatic rings. The predicted molar refractivity (Wildman–Crippen MR) is 47.2 cm³/mol. The second-order valence-electron chi connectivity index (χ2n) is 1.54. The Bertz CT molecular complexity index is 95.7. The van der Waals surface area contributed by atoms with E-state index in [4.69, 9.17) is 4.74 Å². The molecule has 0 heterocycles. The molecule has 0 fully saturated rings. The average molecular weight is 180 g/mol. The fourth-order valence-electron chi connectivity index (χ4n) is 0.441. The molecule has 0 aliphatic heterocycles. The van der Waals surface area contributed by atoms with Gasteiger partial charge in [0.2, 0.25) is 0 Å². The number of rotatable bonds is 5. The molecule has 0 rings (SSSR count). The Labute approximate surface area is 69.5 Å². The Morgan fingerprint density at radius 1 is 1.60 bits per heavy atom. The topological polar surface area (TPSA) is 26.3 Å². The van der Waals surface area contributed by atoms with Gasteiger partial charge < -0.3 is 4.74 Å². The Balaban J connectivity index is 3.05. The molecule has 2 nitrogen and oxygen atoms in total. The minimum atomic E-state index is -0.0935. The van der Waals surface area contributed by atoms with E-state index in [2.05, 4.69) is 0 Å². The maximum Gasteiger partial charge on any atom is 0.306 e. The van der Waals surface area contributed by atoms with Gasteiger partial charge in [0.15, 0.2) is 0 Å². The van der Waals surface area contributed by atoms with Crippen molar-refractivity contribution in [3.8, 4) is 0 Å². The maximum atomic E-state index is 10.7. The Hall–Kier alpha value is 0.170. The summed E-state index contributed by atoms with van der Waals surface area (Å²) in [6.07, 6.45) is 2.52. The van der Waals surface area contributed by atoms with Crippen LogP contribution in [0.25, 0.3) is 0 Å². The Morgan fingerprint density at radius 2 is 2.30 bits per heavy atom. The lowest BCUT2D eigenvalue weighted by Crippen LogP contribution is -2.04. The number of ether oxygens (including phenoxy) is 1. The summed E-state index contributed by atoms with van der Waals surface area (Å²) >= 11 is 0. The molecule has 0 bridgehead atoms. The van der Waals surface area contributed by atoms with Gasteiger partial charge in [-0.1, -0.05) is 21.6 Å². The fraction of sp³-hybridized carbons (Fsp3) is 0.833. The smallest absolute Gasteiger partial charge is 0.306 e. The van der Waals surface area contributed by atoms with Crippen molar-refractivity contribution in [3.63, 3.8) is 0 Å². The Kier molecular flexibility index (Phi) is 7.40. The fourth-order valence-corrected chi connectivity index (χ4v) is 1.61. The second kappa shape index (κ2) is 7.28. The lowest BCUT2D eigenvalue weighted by molar-refractivity contribution is -0.142. The zero-order valence-electron chi connectivity index (χ0n) is 6.25. The molecular weight excluding hydrogens is 168 g/mol. The first-order chi connectivity index (χ1) is 4.81. The highest BCUT2D eigenvalue weighted by molar-refractivity contribution is 8.76. The summed E-state index contributed by atoms with van der Waals surface area (Å²) < 4.78 is 4.73. The van der Waals surface area contributed by atoms with Gasteiger partial charge in [0, 0.05) is 5.75 Å². The first-order valence-electron chi connectivity index (χ1n) is 3.12. The zero-order valence-corrected chi connectivity index (χ0v) is 7.89. The van der Waals surface area contributed by atoms with Crippen molar-refractivity contribution in [1.29, 1.82) is 0 Å². The molecule has 0 spiro atoms. The van der Waals surface area contributed by atoms with Gasteiger partial charge in [0.25, 0.3) is 0 Å². The van der Waals surface area contributed by atoms with E-state index in [1.807, 2.05) is 13.2 Å². The first-order valence-corrected chi connectivity index (χ1v) is 5.85. The minimum Gasteiger partial charge on any atom is -0.466 e. The van der Waals surface area contributed by atoms with Crippen LogP contribution in [0.2, 0.25) is 0 Å². The molecular formula is C6H12O2S2. The lowest BCUT2D eigenvalue weighted by atomic mass is 10.5. The van der Waals surface area contributed by atoms with E-state index >= 15 is 0 Å². The summed E-state index contributed by atoms with van der Waals surface area (Å²) in [6, 6.07) is 0. The van der Waals surface area contributed by atoms with Crippen molar-refractivity contribution in [2.24, 2.45) is 0 Å². The second-order valence-corrected chi connectivity index (χ2v) is 4.23. The van der Waals surface area contributed by atoms with Crippen molar-refractivity contribution in [2.75, 3.05) is 18.6 Å². The summed E-state index contributed by atoms with van der Waals surface area (Å²) in [7, 11) is 3.35. The molecule has 0 radical (unpaired) electrons. The number of carbonyl (C=O) groups is 1. The van der Waals surface area contributed by atoms with Crippen LogP contribution in [0.3, 0.4) is 0 Å². The summed E-state index contributed by atoms with van der Waals surface area (Å²) in [5.74, 6) is 0.754. The van der Waals surface area contributed by atoms with Gasteiger partial charge in [-0.25, -0.2) is 0 Å². The summed E-state index contributed by atoms with van der Waals surface area (Å²) in [5.41, 5.74) is 0. The zero-order chi connectivity index (χ0) is 7.82. The summed E-state index contributed by atoms with van der Waals surface area (Å²) in [6.45, 7) is 2.31. The Morgan fingerprint density at radius 3 is 2.80 bits per heavy atom. The van der Waals surface area contributed by atoms with Gasteiger partial charge in [-0.3, -0.25) is 4.79 Å². The van der Waals surface area contributed by atoms with Crippen LogP contribution < -0.4 is 0 Å². The van der Waals surface area contributed by atoms with Crippen molar-refractivity contribution >= 4 is 27.6 Å². The van der Waals surface area contributed by atoms with Crippen LogP contribution in [0, 0.1) is 0 Å². The molecule has 0 atom stereocenters. The van der Waals surface area contributed by atoms with Crippen molar-refractivity contribution < 1.29 is 9.53 Å². The molecule has 0 saturated carbocycles. The van der Waals surface area contributed by atoms with E-state index < -0.39 is 0 Å². The molecule has 10 heavy (non-hydrogen) atoms.